The van der Waals surface area contributed by atoms with Gasteiger partial charge in [-0.05, 0) is 49.0 Å². The van der Waals surface area contributed by atoms with Crippen LogP contribution in [0.2, 0.25) is 0 Å². The SMILES string of the molecule is CC1(C)[C@@H]2CC[C@H]1C(CN)C2. The zero-order valence-corrected chi connectivity index (χ0v) is 7.64. The van der Waals surface area contributed by atoms with Crippen molar-refractivity contribution in [2.24, 2.45) is 28.9 Å². The van der Waals surface area contributed by atoms with Crippen LogP contribution in [0.3, 0.4) is 0 Å². The summed E-state index contributed by atoms with van der Waals surface area (Å²) >= 11 is 0. The Bertz CT molecular complexity index is 162. The van der Waals surface area contributed by atoms with Gasteiger partial charge >= 0.3 is 0 Å². The van der Waals surface area contributed by atoms with Crippen LogP contribution < -0.4 is 5.73 Å². The van der Waals surface area contributed by atoms with E-state index in [9.17, 15) is 0 Å². The van der Waals surface area contributed by atoms with Gasteiger partial charge in [0, 0.05) is 0 Å². The highest BCUT2D eigenvalue weighted by atomic mass is 14.6. The van der Waals surface area contributed by atoms with E-state index in [4.69, 9.17) is 5.73 Å². The summed E-state index contributed by atoms with van der Waals surface area (Å²) in [4.78, 5) is 0. The summed E-state index contributed by atoms with van der Waals surface area (Å²) in [7, 11) is 0. The molecular formula is C10H19N. The van der Waals surface area contributed by atoms with Gasteiger partial charge in [0.2, 0.25) is 0 Å². The van der Waals surface area contributed by atoms with Crippen molar-refractivity contribution in [2.45, 2.75) is 33.1 Å². The Morgan fingerprint density at radius 2 is 2.09 bits per heavy atom. The van der Waals surface area contributed by atoms with Crippen LogP contribution in [0.5, 0.6) is 0 Å². The van der Waals surface area contributed by atoms with Crippen molar-refractivity contribution in [3.05, 3.63) is 0 Å². The molecule has 0 amide bonds. The van der Waals surface area contributed by atoms with Crippen LogP contribution >= 0.6 is 0 Å². The highest BCUT2D eigenvalue weighted by Crippen LogP contribution is 2.59. The van der Waals surface area contributed by atoms with Crippen LogP contribution in [0.15, 0.2) is 0 Å². The van der Waals surface area contributed by atoms with Gasteiger partial charge < -0.3 is 5.73 Å². The fraction of sp³-hybridized carbons (Fsp3) is 1.00. The number of hydrogen-bond donors (Lipinski definition) is 1. The Morgan fingerprint density at radius 3 is 2.36 bits per heavy atom. The third-order valence-electron chi connectivity index (χ3n) is 4.29. The van der Waals surface area contributed by atoms with E-state index >= 15 is 0 Å². The molecule has 2 N–H and O–H groups in total. The van der Waals surface area contributed by atoms with Gasteiger partial charge in [0.15, 0.2) is 0 Å². The molecule has 0 saturated heterocycles. The second kappa shape index (κ2) is 2.22. The predicted octanol–water partition coefficient (Wildman–Crippen LogP) is 2.02. The van der Waals surface area contributed by atoms with E-state index in [0.717, 1.165) is 24.3 Å². The molecule has 2 rings (SSSR count). The first-order valence-electron chi connectivity index (χ1n) is 4.86. The van der Waals surface area contributed by atoms with Crippen molar-refractivity contribution in [1.29, 1.82) is 0 Å². The second-order valence-electron chi connectivity index (χ2n) is 4.93. The minimum absolute atomic E-state index is 0.615. The maximum absolute atomic E-state index is 5.74. The Morgan fingerprint density at radius 1 is 1.36 bits per heavy atom. The Kier molecular flexibility index (Phi) is 1.54. The summed E-state index contributed by atoms with van der Waals surface area (Å²) in [5.74, 6) is 2.78. The van der Waals surface area contributed by atoms with E-state index in [1.54, 1.807) is 0 Å². The molecule has 0 aromatic carbocycles. The van der Waals surface area contributed by atoms with E-state index in [1.165, 1.54) is 19.3 Å². The normalized spacial score (nSPS) is 46.6. The van der Waals surface area contributed by atoms with Crippen LogP contribution in [0.25, 0.3) is 0 Å². The monoisotopic (exact) mass is 153 g/mol. The van der Waals surface area contributed by atoms with Crippen molar-refractivity contribution in [3.8, 4) is 0 Å². The lowest BCUT2D eigenvalue weighted by atomic mass is 9.80. The van der Waals surface area contributed by atoms with Gasteiger partial charge in [-0.15, -0.1) is 0 Å². The average molecular weight is 153 g/mol. The first kappa shape index (κ1) is 7.60. The molecule has 3 atom stereocenters. The Balaban J connectivity index is 2.19. The molecule has 2 aliphatic rings. The standard InChI is InChI=1S/C10H19N/c1-10(2)8-3-4-9(10)7(5-8)6-11/h7-9H,3-6,11H2,1-2H3/t7?,8-,9+/m1/s1. The largest absolute Gasteiger partial charge is 0.330 e. The van der Waals surface area contributed by atoms with Crippen LogP contribution in [-0.4, -0.2) is 6.54 Å². The molecule has 0 heterocycles. The second-order valence-corrected chi connectivity index (χ2v) is 4.93. The molecule has 2 fully saturated rings. The zero-order valence-electron chi connectivity index (χ0n) is 7.64. The lowest BCUT2D eigenvalue weighted by molar-refractivity contribution is 0.237. The van der Waals surface area contributed by atoms with Gasteiger partial charge in [0.1, 0.15) is 0 Å². The van der Waals surface area contributed by atoms with Crippen LogP contribution in [0.4, 0.5) is 0 Å². The van der Waals surface area contributed by atoms with Crippen LogP contribution in [0.1, 0.15) is 33.1 Å². The number of rotatable bonds is 1. The predicted molar refractivity (Wildman–Crippen MR) is 47.2 cm³/mol. The molecule has 1 unspecified atom stereocenters. The minimum atomic E-state index is 0.615. The number of fused-ring (bicyclic) bond motifs is 2. The van der Waals surface area contributed by atoms with Gasteiger partial charge in [-0.1, -0.05) is 13.8 Å². The van der Waals surface area contributed by atoms with Crippen molar-refractivity contribution in [1.82, 2.24) is 0 Å². The molecule has 2 saturated carbocycles. The summed E-state index contributed by atoms with van der Waals surface area (Å²) in [6.45, 7) is 5.79. The lowest BCUT2D eigenvalue weighted by Gasteiger charge is -2.25. The smallest absolute Gasteiger partial charge is 0.00459 e. The Hall–Kier alpha value is -0.0400. The molecular weight excluding hydrogens is 134 g/mol. The molecule has 0 aromatic heterocycles. The fourth-order valence-corrected chi connectivity index (χ4v) is 3.48. The van der Waals surface area contributed by atoms with Crippen molar-refractivity contribution >= 4 is 0 Å². The fourth-order valence-electron chi connectivity index (χ4n) is 3.48. The molecule has 2 bridgehead atoms. The van der Waals surface area contributed by atoms with Gasteiger partial charge in [0.25, 0.3) is 0 Å². The van der Waals surface area contributed by atoms with Gasteiger partial charge in [-0.2, -0.15) is 0 Å². The van der Waals surface area contributed by atoms with Gasteiger partial charge in [0.05, 0.1) is 0 Å². The molecule has 64 valence electrons. The first-order valence-corrected chi connectivity index (χ1v) is 4.86. The lowest BCUT2D eigenvalue weighted by Crippen LogP contribution is -2.24. The van der Waals surface area contributed by atoms with E-state index < -0.39 is 0 Å². The van der Waals surface area contributed by atoms with Gasteiger partial charge in [-0.25, -0.2) is 0 Å². The summed E-state index contributed by atoms with van der Waals surface area (Å²) < 4.78 is 0. The highest BCUT2D eigenvalue weighted by molar-refractivity contribution is 5.02. The maximum Gasteiger partial charge on any atom is -0.00459 e. The molecule has 2 aliphatic carbocycles. The molecule has 0 spiro atoms. The number of hydrogen-bond acceptors (Lipinski definition) is 1. The third kappa shape index (κ3) is 0.868. The van der Waals surface area contributed by atoms with Crippen LogP contribution in [0, 0.1) is 23.2 Å². The third-order valence-corrected chi connectivity index (χ3v) is 4.29. The van der Waals surface area contributed by atoms with Gasteiger partial charge in [-0.3, -0.25) is 0 Å². The van der Waals surface area contributed by atoms with E-state index in [1.807, 2.05) is 0 Å². The quantitative estimate of drug-likeness (QED) is 0.612. The highest BCUT2D eigenvalue weighted by Gasteiger charge is 2.52. The molecule has 0 aliphatic heterocycles. The minimum Gasteiger partial charge on any atom is -0.330 e. The van der Waals surface area contributed by atoms with Crippen LogP contribution in [-0.2, 0) is 0 Å². The zero-order chi connectivity index (χ0) is 8.06. The van der Waals surface area contributed by atoms with E-state index in [-0.39, 0.29) is 0 Å². The topological polar surface area (TPSA) is 26.0 Å². The van der Waals surface area contributed by atoms with Crippen molar-refractivity contribution in [2.75, 3.05) is 6.54 Å². The summed E-state index contributed by atoms with van der Waals surface area (Å²) in [5, 5.41) is 0. The summed E-state index contributed by atoms with van der Waals surface area (Å²) in [6.07, 6.45) is 4.32. The van der Waals surface area contributed by atoms with Crippen molar-refractivity contribution in [3.63, 3.8) is 0 Å². The maximum atomic E-state index is 5.74. The summed E-state index contributed by atoms with van der Waals surface area (Å²) in [5.41, 5.74) is 6.36. The van der Waals surface area contributed by atoms with E-state index in [2.05, 4.69) is 13.8 Å². The Labute approximate surface area is 69.4 Å². The molecule has 0 radical (unpaired) electrons. The molecule has 11 heavy (non-hydrogen) atoms. The molecule has 1 heteroatoms. The number of nitrogens with two attached hydrogens (primary N) is 1. The van der Waals surface area contributed by atoms with Crippen molar-refractivity contribution < 1.29 is 0 Å². The molecule has 0 aromatic rings. The summed E-state index contributed by atoms with van der Waals surface area (Å²) in [6, 6.07) is 0. The first-order chi connectivity index (χ1) is 5.16. The van der Waals surface area contributed by atoms with E-state index in [0.29, 0.717) is 5.41 Å². The molecule has 1 nitrogen and oxygen atoms in total. The average Bonchev–Trinajstić information content (AvgIpc) is 2.40.